The molecule has 19 heavy (non-hydrogen) atoms. The first-order valence-electron chi connectivity index (χ1n) is 7.27. The number of carbonyl (C=O) groups excluding carboxylic acids is 1. The van der Waals surface area contributed by atoms with Gasteiger partial charge in [-0.05, 0) is 49.7 Å². The third kappa shape index (κ3) is 2.97. The van der Waals surface area contributed by atoms with E-state index in [-0.39, 0.29) is 11.2 Å². The number of thioether (sulfide) groups is 1. The Morgan fingerprint density at radius 1 is 1.21 bits per heavy atom. The van der Waals surface area contributed by atoms with Gasteiger partial charge >= 0.3 is 0 Å². The highest BCUT2D eigenvalue weighted by molar-refractivity contribution is 8.01. The molecular formula is C16H21NOS. The zero-order valence-electron chi connectivity index (χ0n) is 11.4. The van der Waals surface area contributed by atoms with Gasteiger partial charge in [-0.3, -0.25) is 4.79 Å². The molecule has 1 amide bonds. The summed E-state index contributed by atoms with van der Waals surface area (Å²) in [5.41, 5.74) is 1.32. The maximum Gasteiger partial charge on any atom is 0.234 e. The molecule has 1 aliphatic carbocycles. The highest BCUT2D eigenvalue weighted by Crippen LogP contribution is 2.37. The fraction of sp³-hybridized carbons (Fsp3) is 0.562. The van der Waals surface area contributed by atoms with Crippen LogP contribution in [-0.4, -0.2) is 17.2 Å². The fourth-order valence-electron chi connectivity index (χ4n) is 3.03. The van der Waals surface area contributed by atoms with Crippen LogP contribution in [0, 0.1) is 5.92 Å². The Balaban J connectivity index is 1.55. The van der Waals surface area contributed by atoms with Gasteiger partial charge in [0.25, 0.3) is 0 Å². The van der Waals surface area contributed by atoms with Crippen molar-refractivity contribution in [1.29, 1.82) is 0 Å². The van der Waals surface area contributed by atoms with Crippen molar-refractivity contribution in [3.63, 3.8) is 0 Å². The Morgan fingerprint density at radius 3 is 2.68 bits per heavy atom. The average Bonchev–Trinajstić information content (AvgIpc) is 2.85. The molecule has 3 rings (SSSR count). The van der Waals surface area contributed by atoms with Crippen LogP contribution in [0.4, 0.5) is 0 Å². The van der Waals surface area contributed by atoms with Crippen molar-refractivity contribution in [2.45, 2.75) is 55.2 Å². The Bertz CT molecular complexity index is 441. The van der Waals surface area contributed by atoms with Gasteiger partial charge < -0.3 is 5.32 Å². The van der Waals surface area contributed by atoms with E-state index in [4.69, 9.17) is 0 Å². The molecule has 102 valence electrons. The first-order valence-corrected chi connectivity index (χ1v) is 8.15. The molecule has 1 saturated carbocycles. The van der Waals surface area contributed by atoms with E-state index in [1.165, 1.54) is 23.3 Å². The van der Waals surface area contributed by atoms with Gasteiger partial charge in [0.1, 0.15) is 0 Å². The first kappa shape index (κ1) is 13.0. The summed E-state index contributed by atoms with van der Waals surface area (Å²) in [7, 11) is 0. The third-order valence-corrected chi connectivity index (χ3v) is 5.62. The number of hydrogen-bond acceptors (Lipinski definition) is 2. The lowest BCUT2D eigenvalue weighted by atomic mass is 9.87. The molecule has 0 saturated heterocycles. The summed E-state index contributed by atoms with van der Waals surface area (Å²) >= 11 is 1.72. The molecule has 1 aliphatic heterocycles. The molecule has 1 N–H and O–H groups in total. The number of benzene rings is 1. The van der Waals surface area contributed by atoms with Crippen LogP contribution >= 0.6 is 11.8 Å². The van der Waals surface area contributed by atoms with E-state index in [1.54, 1.807) is 11.8 Å². The number of carbonyl (C=O) groups is 1. The minimum absolute atomic E-state index is 0.0803. The van der Waals surface area contributed by atoms with Gasteiger partial charge in [-0.15, -0.1) is 11.8 Å². The maximum atomic E-state index is 12.3. The first-order chi connectivity index (χ1) is 9.22. The second-order valence-corrected chi connectivity index (χ2v) is 7.13. The van der Waals surface area contributed by atoms with Crippen LogP contribution in [-0.2, 0) is 11.2 Å². The van der Waals surface area contributed by atoms with E-state index in [0.717, 1.165) is 25.2 Å². The SMILES string of the molecule is CC1CCC(NC(=O)[C@H]2Cc3ccccc3S2)CC1. The number of rotatable bonds is 2. The normalized spacial score (nSPS) is 29.8. The molecule has 1 atom stereocenters. The summed E-state index contributed by atoms with van der Waals surface area (Å²) < 4.78 is 0. The van der Waals surface area contributed by atoms with Crippen molar-refractivity contribution in [3.8, 4) is 0 Å². The molecule has 1 heterocycles. The second kappa shape index (κ2) is 5.58. The zero-order valence-corrected chi connectivity index (χ0v) is 12.2. The molecule has 1 aromatic rings. The predicted molar refractivity (Wildman–Crippen MR) is 79.4 cm³/mol. The molecule has 0 radical (unpaired) electrons. The molecule has 0 bridgehead atoms. The van der Waals surface area contributed by atoms with Gasteiger partial charge in [0.15, 0.2) is 0 Å². The Kier molecular flexibility index (Phi) is 3.83. The number of nitrogens with one attached hydrogen (secondary N) is 1. The molecule has 0 aromatic heterocycles. The molecule has 3 heteroatoms. The van der Waals surface area contributed by atoms with Crippen LogP contribution in [0.1, 0.15) is 38.2 Å². The summed E-state index contributed by atoms with van der Waals surface area (Å²) in [6.07, 6.45) is 5.69. The van der Waals surface area contributed by atoms with E-state index in [1.807, 2.05) is 0 Å². The van der Waals surface area contributed by atoms with E-state index in [0.29, 0.717) is 6.04 Å². The van der Waals surface area contributed by atoms with Crippen molar-refractivity contribution < 1.29 is 4.79 Å². The Morgan fingerprint density at radius 2 is 1.95 bits per heavy atom. The fourth-order valence-corrected chi connectivity index (χ4v) is 4.23. The third-order valence-electron chi connectivity index (χ3n) is 4.30. The highest BCUT2D eigenvalue weighted by atomic mass is 32.2. The van der Waals surface area contributed by atoms with Crippen LogP contribution in [0.2, 0.25) is 0 Å². The second-order valence-electron chi connectivity index (χ2n) is 5.88. The Hall–Kier alpha value is -0.960. The molecule has 1 aromatic carbocycles. The predicted octanol–water partition coefficient (Wildman–Crippen LogP) is 3.40. The topological polar surface area (TPSA) is 29.1 Å². The molecule has 0 spiro atoms. The van der Waals surface area contributed by atoms with Crippen molar-refractivity contribution in [2.24, 2.45) is 5.92 Å². The Labute approximate surface area is 119 Å². The summed E-state index contributed by atoms with van der Waals surface area (Å²) in [5.74, 6) is 1.07. The van der Waals surface area contributed by atoms with Crippen molar-refractivity contribution in [2.75, 3.05) is 0 Å². The van der Waals surface area contributed by atoms with Crippen LogP contribution < -0.4 is 5.32 Å². The molecule has 2 nitrogen and oxygen atoms in total. The molecular weight excluding hydrogens is 254 g/mol. The molecule has 1 fully saturated rings. The van der Waals surface area contributed by atoms with Crippen molar-refractivity contribution in [3.05, 3.63) is 29.8 Å². The smallest absolute Gasteiger partial charge is 0.234 e. The van der Waals surface area contributed by atoms with E-state index >= 15 is 0 Å². The summed E-state index contributed by atoms with van der Waals surface area (Å²) in [4.78, 5) is 13.6. The summed E-state index contributed by atoms with van der Waals surface area (Å²) in [6, 6.07) is 8.78. The van der Waals surface area contributed by atoms with E-state index < -0.39 is 0 Å². The lowest BCUT2D eigenvalue weighted by Gasteiger charge is -2.27. The maximum absolute atomic E-state index is 12.3. The van der Waals surface area contributed by atoms with Gasteiger partial charge in [0.05, 0.1) is 5.25 Å². The van der Waals surface area contributed by atoms with Crippen molar-refractivity contribution >= 4 is 17.7 Å². The largest absolute Gasteiger partial charge is 0.352 e. The lowest BCUT2D eigenvalue weighted by Crippen LogP contribution is -2.41. The van der Waals surface area contributed by atoms with E-state index in [2.05, 4.69) is 36.5 Å². The van der Waals surface area contributed by atoms with Gasteiger partial charge in [-0.25, -0.2) is 0 Å². The van der Waals surface area contributed by atoms with Gasteiger partial charge in [-0.1, -0.05) is 25.1 Å². The van der Waals surface area contributed by atoms with Gasteiger partial charge in [0.2, 0.25) is 5.91 Å². The van der Waals surface area contributed by atoms with Crippen LogP contribution in [0.5, 0.6) is 0 Å². The van der Waals surface area contributed by atoms with E-state index in [9.17, 15) is 4.79 Å². The summed E-state index contributed by atoms with van der Waals surface area (Å²) in [5, 5.41) is 3.34. The quantitative estimate of drug-likeness (QED) is 0.896. The minimum Gasteiger partial charge on any atom is -0.352 e. The molecule has 2 aliphatic rings. The van der Waals surface area contributed by atoms with Crippen LogP contribution in [0.3, 0.4) is 0 Å². The standard InChI is InChI=1S/C16H21NOS/c1-11-6-8-13(9-7-11)17-16(18)15-10-12-4-2-3-5-14(12)19-15/h2-5,11,13,15H,6-10H2,1H3,(H,17,18)/t11?,13?,15-/m1/s1. The average molecular weight is 275 g/mol. The van der Waals surface area contributed by atoms with Gasteiger partial charge in [-0.2, -0.15) is 0 Å². The molecule has 0 unspecified atom stereocenters. The lowest BCUT2D eigenvalue weighted by molar-refractivity contribution is -0.121. The number of fused-ring (bicyclic) bond motifs is 1. The van der Waals surface area contributed by atoms with Gasteiger partial charge in [0, 0.05) is 10.9 Å². The zero-order chi connectivity index (χ0) is 13.2. The number of hydrogen-bond donors (Lipinski definition) is 1. The van der Waals surface area contributed by atoms with Crippen molar-refractivity contribution in [1.82, 2.24) is 5.32 Å². The van der Waals surface area contributed by atoms with Crippen LogP contribution in [0.15, 0.2) is 29.2 Å². The highest BCUT2D eigenvalue weighted by Gasteiger charge is 2.30. The monoisotopic (exact) mass is 275 g/mol. The minimum atomic E-state index is 0.0803. The number of amides is 1. The van der Waals surface area contributed by atoms with Crippen LogP contribution in [0.25, 0.3) is 0 Å². The summed E-state index contributed by atoms with van der Waals surface area (Å²) in [6.45, 7) is 2.31.